The Morgan fingerprint density at radius 3 is 1.56 bits per heavy atom. The van der Waals surface area contributed by atoms with Gasteiger partial charge in [0.05, 0.1) is 5.92 Å². The van der Waals surface area contributed by atoms with E-state index in [0.29, 0.717) is 0 Å². The monoisotopic (exact) mass is 384 g/mol. The first-order valence-electron chi connectivity index (χ1n) is 11.5. The number of ether oxygens (including phenoxy) is 1. The lowest BCUT2D eigenvalue weighted by Gasteiger charge is -2.35. The van der Waals surface area contributed by atoms with Crippen LogP contribution in [0.25, 0.3) is 0 Å². The van der Waals surface area contributed by atoms with Crippen molar-refractivity contribution in [2.75, 3.05) is 0 Å². The Kier molecular flexibility index (Phi) is 18.9. The molecular weight excluding hydrogens is 340 g/mol. The first kappa shape index (κ1) is 25.9. The standard InChI is InChI=1S/C22H42O2.CH2O2/c1-3-5-7-9-10-11-12-13-14-15-17-19-21-20(22(23)24-21)18-16-8-6-4-2;2-1-3/h20-21H,3-19H2,1-2H3;1H,(H,2,3)/t20-,21-;/m0./s1. The molecule has 1 N–H and O–H groups in total. The average molecular weight is 385 g/mol. The summed E-state index contributed by atoms with van der Waals surface area (Å²) < 4.78 is 5.36. The maximum atomic E-state index is 11.6. The predicted octanol–water partition coefficient (Wildman–Crippen LogP) is 6.90. The molecule has 160 valence electrons. The van der Waals surface area contributed by atoms with Gasteiger partial charge in [0, 0.05) is 0 Å². The van der Waals surface area contributed by atoms with Crippen molar-refractivity contribution in [2.45, 2.75) is 129 Å². The van der Waals surface area contributed by atoms with Gasteiger partial charge in [0.25, 0.3) is 6.47 Å². The van der Waals surface area contributed by atoms with Gasteiger partial charge in [0.1, 0.15) is 6.10 Å². The Bertz CT molecular complexity index is 343. The number of carboxylic acid groups (broad SMARTS) is 1. The van der Waals surface area contributed by atoms with Crippen LogP contribution in [0.3, 0.4) is 0 Å². The van der Waals surface area contributed by atoms with Crippen molar-refractivity contribution < 1.29 is 19.4 Å². The van der Waals surface area contributed by atoms with Gasteiger partial charge in [-0.3, -0.25) is 9.59 Å². The summed E-state index contributed by atoms with van der Waals surface area (Å²) >= 11 is 0. The van der Waals surface area contributed by atoms with Crippen LogP contribution in [0.15, 0.2) is 0 Å². The van der Waals surface area contributed by atoms with E-state index in [0.717, 1.165) is 12.8 Å². The summed E-state index contributed by atoms with van der Waals surface area (Å²) in [5.41, 5.74) is 0. The van der Waals surface area contributed by atoms with Crippen molar-refractivity contribution in [3.8, 4) is 0 Å². The SMILES string of the molecule is CCCCCCCCCCCCC[C@@H]1OC(=O)[C@H]1CCCCCC.O=CO. The van der Waals surface area contributed by atoms with E-state index in [1.807, 2.05) is 0 Å². The third kappa shape index (κ3) is 14.6. The molecule has 0 bridgehead atoms. The third-order valence-corrected chi connectivity index (χ3v) is 5.48. The first-order valence-corrected chi connectivity index (χ1v) is 11.5. The molecule has 1 aliphatic rings. The highest BCUT2D eigenvalue weighted by Gasteiger charge is 2.40. The quantitative estimate of drug-likeness (QED) is 0.168. The maximum Gasteiger partial charge on any atom is 0.313 e. The fourth-order valence-corrected chi connectivity index (χ4v) is 3.76. The van der Waals surface area contributed by atoms with Crippen molar-refractivity contribution in [2.24, 2.45) is 5.92 Å². The van der Waals surface area contributed by atoms with Crippen molar-refractivity contribution in [1.82, 2.24) is 0 Å². The number of hydrogen-bond acceptors (Lipinski definition) is 3. The Hall–Kier alpha value is -1.06. The molecule has 0 radical (unpaired) electrons. The van der Waals surface area contributed by atoms with Crippen molar-refractivity contribution in [1.29, 1.82) is 0 Å². The summed E-state index contributed by atoms with van der Waals surface area (Å²) in [6.45, 7) is 4.26. The molecule has 2 atom stereocenters. The number of hydrogen-bond donors (Lipinski definition) is 1. The van der Waals surface area contributed by atoms with Crippen LogP contribution < -0.4 is 0 Å². The molecule has 0 aromatic rings. The van der Waals surface area contributed by atoms with Gasteiger partial charge >= 0.3 is 5.97 Å². The Labute approximate surface area is 167 Å². The van der Waals surface area contributed by atoms with Gasteiger partial charge in [0.15, 0.2) is 0 Å². The van der Waals surface area contributed by atoms with Crippen LogP contribution in [0, 0.1) is 5.92 Å². The summed E-state index contributed by atoms with van der Waals surface area (Å²) in [6, 6.07) is 0. The molecule has 0 spiro atoms. The van der Waals surface area contributed by atoms with Gasteiger partial charge in [-0.25, -0.2) is 0 Å². The highest BCUT2D eigenvalue weighted by molar-refractivity contribution is 5.78. The van der Waals surface area contributed by atoms with Crippen molar-refractivity contribution >= 4 is 12.4 Å². The number of rotatable bonds is 17. The fraction of sp³-hybridized carbons (Fsp3) is 0.913. The van der Waals surface area contributed by atoms with Gasteiger partial charge in [0.2, 0.25) is 0 Å². The van der Waals surface area contributed by atoms with Crippen molar-refractivity contribution in [3.63, 3.8) is 0 Å². The van der Waals surface area contributed by atoms with Gasteiger partial charge in [-0.15, -0.1) is 0 Å². The molecular formula is C23H44O4. The minimum Gasteiger partial charge on any atom is -0.483 e. The largest absolute Gasteiger partial charge is 0.483 e. The highest BCUT2D eigenvalue weighted by atomic mass is 16.6. The molecule has 27 heavy (non-hydrogen) atoms. The Balaban J connectivity index is 0.00000210. The number of carbonyl (C=O) groups is 2. The zero-order valence-corrected chi connectivity index (χ0v) is 17.9. The van der Waals surface area contributed by atoms with E-state index < -0.39 is 0 Å². The number of unbranched alkanes of at least 4 members (excludes halogenated alkanes) is 13. The first-order chi connectivity index (χ1) is 13.2. The second-order valence-electron chi connectivity index (χ2n) is 7.86. The predicted molar refractivity (Wildman–Crippen MR) is 112 cm³/mol. The molecule has 1 heterocycles. The molecule has 1 aliphatic heterocycles. The van der Waals surface area contributed by atoms with Crippen molar-refractivity contribution in [3.05, 3.63) is 0 Å². The van der Waals surface area contributed by atoms with E-state index in [2.05, 4.69) is 13.8 Å². The second kappa shape index (κ2) is 19.7. The van der Waals surface area contributed by atoms with E-state index >= 15 is 0 Å². The number of cyclic esters (lactones) is 1. The van der Waals surface area contributed by atoms with Crippen LogP contribution in [0.4, 0.5) is 0 Å². The van der Waals surface area contributed by atoms with Gasteiger partial charge in [-0.2, -0.15) is 0 Å². The molecule has 4 heteroatoms. The Morgan fingerprint density at radius 1 is 0.741 bits per heavy atom. The summed E-state index contributed by atoms with van der Waals surface area (Å²) in [5, 5.41) is 6.89. The molecule has 0 aromatic carbocycles. The molecule has 0 unspecified atom stereocenters. The van der Waals surface area contributed by atoms with Crippen LogP contribution in [-0.4, -0.2) is 23.7 Å². The molecule has 0 aromatic heterocycles. The summed E-state index contributed by atoms with van der Waals surface area (Å²) in [5.74, 6) is 0.296. The van der Waals surface area contributed by atoms with Gasteiger partial charge in [-0.05, 0) is 19.3 Å². The molecule has 0 saturated carbocycles. The van der Waals surface area contributed by atoms with E-state index in [1.54, 1.807) is 0 Å². The molecule has 1 rings (SSSR count). The summed E-state index contributed by atoms with van der Waals surface area (Å²) in [4.78, 5) is 19.9. The van der Waals surface area contributed by atoms with Crippen LogP contribution in [-0.2, 0) is 14.3 Å². The fourth-order valence-electron chi connectivity index (χ4n) is 3.76. The van der Waals surface area contributed by atoms with Gasteiger partial charge < -0.3 is 9.84 Å². The normalized spacial score (nSPS) is 18.2. The van der Waals surface area contributed by atoms with Crippen LogP contribution in [0.1, 0.15) is 123 Å². The zero-order valence-electron chi connectivity index (χ0n) is 17.9. The smallest absolute Gasteiger partial charge is 0.313 e. The summed E-state index contributed by atoms with van der Waals surface area (Å²) in [7, 11) is 0. The maximum absolute atomic E-state index is 11.6. The summed E-state index contributed by atoms with van der Waals surface area (Å²) in [6.07, 6.45) is 22.6. The van der Waals surface area contributed by atoms with E-state index in [9.17, 15) is 4.79 Å². The lowest BCUT2D eigenvalue weighted by molar-refractivity contribution is -0.186. The lowest BCUT2D eigenvalue weighted by atomic mass is 9.87. The topological polar surface area (TPSA) is 63.6 Å². The Morgan fingerprint density at radius 2 is 1.11 bits per heavy atom. The minimum absolute atomic E-state index is 0.0690. The lowest BCUT2D eigenvalue weighted by Crippen LogP contribution is -2.44. The molecule has 1 fully saturated rings. The van der Waals surface area contributed by atoms with E-state index in [4.69, 9.17) is 14.6 Å². The van der Waals surface area contributed by atoms with E-state index in [-0.39, 0.29) is 24.5 Å². The van der Waals surface area contributed by atoms with Crippen LogP contribution >= 0.6 is 0 Å². The molecule has 0 aliphatic carbocycles. The minimum atomic E-state index is -0.250. The van der Waals surface area contributed by atoms with Crippen LogP contribution in [0.5, 0.6) is 0 Å². The highest BCUT2D eigenvalue weighted by Crippen LogP contribution is 2.31. The van der Waals surface area contributed by atoms with Gasteiger partial charge in [-0.1, -0.05) is 104 Å². The average Bonchev–Trinajstić information content (AvgIpc) is 2.65. The second-order valence-corrected chi connectivity index (χ2v) is 7.86. The molecule has 0 amide bonds. The van der Waals surface area contributed by atoms with E-state index in [1.165, 1.54) is 96.3 Å². The molecule has 4 nitrogen and oxygen atoms in total. The third-order valence-electron chi connectivity index (χ3n) is 5.48. The number of esters is 1. The zero-order chi connectivity index (χ0) is 20.2. The molecule has 1 saturated heterocycles. The number of carbonyl (C=O) groups excluding carboxylic acids is 1. The van der Waals surface area contributed by atoms with Crippen LogP contribution in [0.2, 0.25) is 0 Å².